The van der Waals surface area contributed by atoms with E-state index >= 15 is 0 Å². The number of benzene rings is 1. The Morgan fingerprint density at radius 1 is 1.42 bits per heavy atom. The van der Waals surface area contributed by atoms with E-state index in [0.29, 0.717) is 29.7 Å². The number of nitrogens with one attached hydrogen (secondary N) is 1. The average molecular weight is 258 g/mol. The molecule has 0 saturated heterocycles. The van der Waals surface area contributed by atoms with Gasteiger partial charge in [-0.05, 0) is 37.5 Å². The summed E-state index contributed by atoms with van der Waals surface area (Å²) in [4.78, 5) is 23.8. The quantitative estimate of drug-likeness (QED) is 0.661. The molecular weight excluding hydrogens is 244 g/mol. The Labute approximate surface area is 111 Å². The second-order valence-electron chi connectivity index (χ2n) is 4.62. The van der Waals surface area contributed by atoms with Crippen molar-refractivity contribution in [2.75, 3.05) is 12.4 Å². The Bertz CT molecular complexity index is 583. The number of hydrogen-bond acceptors (Lipinski definition) is 4. The van der Waals surface area contributed by atoms with Crippen LogP contribution in [-0.4, -0.2) is 19.0 Å². The van der Waals surface area contributed by atoms with E-state index in [1.54, 1.807) is 25.1 Å². The Morgan fingerprint density at radius 2 is 2.11 bits per heavy atom. The van der Waals surface area contributed by atoms with Crippen molar-refractivity contribution in [1.82, 2.24) is 0 Å². The van der Waals surface area contributed by atoms with Gasteiger partial charge in [0.15, 0.2) is 0 Å². The van der Waals surface area contributed by atoms with Crippen LogP contribution in [0.25, 0.3) is 0 Å². The van der Waals surface area contributed by atoms with Gasteiger partial charge >= 0.3 is 5.97 Å². The minimum Gasteiger partial charge on any atom is -0.468 e. The number of carbonyl (C=O) groups is 2. The Morgan fingerprint density at radius 3 is 2.63 bits per heavy atom. The molecule has 19 heavy (non-hydrogen) atoms. The van der Waals surface area contributed by atoms with Gasteiger partial charge in [0.2, 0.25) is 5.91 Å². The van der Waals surface area contributed by atoms with Crippen LogP contribution in [0.4, 0.5) is 5.69 Å². The van der Waals surface area contributed by atoms with Gasteiger partial charge in [-0.3, -0.25) is 9.59 Å². The zero-order valence-corrected chi connectivity index (χ0v) is 10.8. The molecule has 1 aliphatic rings. The number of rotatable bonds is 3. The molecule has 1 aromatic carbocycles. The maximum Gasteiger partial charge on any atom is 0.321 e. The lowest BCUT2D eigenvalue weighted by molar-refractivity contribution is -0.150. The summed E-state index contributed by atoms with van der Waals surface area (Å²) in [6.45, 7) is 1.76. The van der Waals surface area contributed by atoms with Crippen LogP contribution >= 0.6 is 0 Å². The van der Waals surface area contributed by atoms with E-state index in [1.807, 2.05) is 0 Å². The summed E-state index contributed by atoms with van der Waals surface area (Å²) in [7, 11) is 1.28. The van der Waals surface area contributed by atoms with E-state index in [-0.39, 0.29) is 5.91 Å². The molecule has 98 valence electrons. The number of hydrogen-bond donors (Lipinski definition) is 1. The van der Waals surface area contributed by atoms with Gasteiger partial charge in [-0.2, -0.15) is 5.26 Å². The van der Waals surface area contributed by atoms with Crippen LogP contribution < -0.4 is 5.32 Å². The van der Waals surface area contributed by atoms with Crippen LogP contribution in [0, 0.1) is 23.7 Å². The van der Waals surface area contributed by atoms with Gasteiger partial charge in [0.1, 0.15) is 5.41 Å². The molecule has 1 aromatic rings. The lowest BCUT2D eigenvalue weighted by Crippen LogP contribution is -2.32. The first-order valence-electron chi connectivity index (χ1n) is 5.95. The summed E-state index contributed by atoms with van der Waals surface area (Å²) in [5.74, 6) is -0.864. The Balaban J connectivity index is 2.21. The largest absolute Gasteiger partial charge is 0.468 e. The van der Waals surface area contributed by atoms with Gasteiger partial charge in [-0.15, -0.1) is 0 Å². The molecule has 1 aliphatic carbocycles. The third-order valence-electron chi connectivity index (χ3n) is 3.46. The fraction of sp³-hybridized carbons (Fsp3) is 0.357. The van der Waals surface area contributed by atoms with E-state index in [2.05, 4.69) is 16.1 Å². The fourth-order valence-corrected chi connectivity index (χ4v) is 1.98. The molecule has 0 radical (unpaired) electrons. The number of methoxy groups -OCH3 is 1. The minimum absolute atomic E-state index is 0.363. The first kappa shape index (κ1) is 13.1. The van der Waals surface area contributed by atoms with Gasteiger partial charge in [0.05, 0.1) is 18.7 Å². The normalized spacial score (nSPS) is 15.2. The number of carbonyl (C=O) groups excluding carboxylic acids is 2. The van der Waals surface area contributed by atoms with Gasteiger partial charge in [-0.1, -0.05) is 6.07 Å². The number of amides is 1. The van der Waals surface area contributed by atoms with Gasteiger partial charge in [0, 0.05) is 5.69 Å². The lowest BCUT2D eigenvalue weighted by Gasteiger charge is -2.14. The summed E-state index contributed by atoms with van der Waals surface area (Å²) < 4.78 is 4.66. The van der Waals surface area contributed by atoms with Gasteiger partial charge < -0.3 is 10.1 Å². The monoisotopic (exact) mass is 258 g/mol. The van der Waals surface area contributed by atoms with Crippen molar-refractivity contribution < 1.29 is 14.3 Å². The Hall–Kier alpha value is -2.35. The third kappa shape index (κ3) is 2.17. The molecule has 2 rings (SSSR count). The van der Waals surface area contributed by atoms with Crippen LogP contribution in [0.15, 0.2) is 18.2 Å². The van der Waals surface area contributed by atoms with Crippen LogP contribution in [-0.2, 0) is 14.3 Å². The van der Waals surface area contributed by atoms with Crippen molar-refractivity contribution in [3.63, 3.8) is 0 Å². The van der Waals surface area contributed by atoms with Crippen LogP contribution in [0.2, 0.25) is 0 Å². The molecule has 5 heteroatoms. The smallest absolute Gasteiger partial charge is 0.321 e. The molecule has 0 unspecified atom stereocenters. The van der Waals surface area contributed by atoms with E-state index in [0.717, 1.165) is 0 Å². The maximum absolute atomic E-state index is 12.2. The molecule has 0 aliphatic heterocycles. The van der Waals surface area contributed by atoms with E-state index in [4.69, 9.17) is 5.26 Å². The standard InChI is InChI=1S/C14H14N2O3/c1-9-10(8-15)4-3-5-11(9)16-12(17)14(6-7-14)13(18)19-2/h3-5H,6-7H2,1-2H3,(H,16,17). The van der Waals surface area contributed by atoms with Crippen molar-refractivity contribution in [3.8, 4) is 6.07 Å². The SMILES string of the molecule is COC(=O)C1(C(=O)Nc2cccc(C#N)c2C)CC1. The number of nitrogens with zero attached hydrogens (tertiary/aromatic N) is 1. The number of ether oxygens (including phenoxy) is 1. The molecule has 0 bridgehead atoms. The zero-order valence-electron chi connectivity index (χ0n) is 10.8. The summed E-state index contributed by atoms with van der Waals surface area (Å²) >= 11 is 0. The lowest BCUT2D eigenvalue weighted by atomic mass is 10.0. The third-order valence-corrected chi connectivity index (χ3v) is 3.46. The van der Waals surface area contributed by atoms with Crippen LogP contribution in [0.1, 0.15) is 24.0 Å². The first-order valence-corrected chi connectivity index (χ1v) is 5.95. The number of esters is 1. The predicted molar refractivity (Wildman–Crippen MR) is 68.2 cm³/mol. The van der Waals surface area contributed by atoms with Gasteiger partial charge in [0.25, 0.3) is 0 Å². The highest BCUT2D eigenvalue weighted by atomic mass is 16.5. The molecule has 0 heterocycles. The second kappa shape index (κ2) is 4.73. The van der Waals surface area contributed by atoms with Crippen molar-refractivity contribution in [2.24, 2.45) is 5.41 Å². The molecule has 1 fully saturated rings. The number of nitriles is 1. The Kier molecular flexibility index (Phi) is 3.26. The summed E-state index contributed by atoms with van der Waals surface area (Å²) in [5.41, 5.74) is 0.711. The molecule has 0 aromatic heterocycles. The highest BCUT2D eigenvalue weighted by molar-refractivity contribution is 6.11. The summed E-state index contributed by atoms with van der Waals surface area (Å²) in [6, 6.07) is 7.14. The molecule has 5 nitrogen and oxygen atoms in total. The first-order chi connectivity index (χ1) is 9.05. The molecule has 1 saturated carbocycles. The average Bonchev–Trinajstić information content (AvgIpc) is 3.21. The zero-order chi connectivity index (χ0) is 14.0. The molecule has 0 atom stereocenters. The summed E-state index contributed by atoms with van der Waals surface area (Å²) in [6.07, 6.45) is 1.00. The number of anilines is 1. The van der Waals surface area contributed by atoms with E-state index in [9.17, 15) is 9.59 Å². The fourth-order valence-electron chi connectivity index (χ4n) is 1.98. The van der Waals surface area contributed by atoms with Crippen LogP contribution in [0.5, 0.6) is 0 Å². The van der Waals surface area contributed by atoms with Crippen molar-refractivity contribution in [3.05, 3.63) is 29.3 Å². The summed E-state index contributed by atoms with van der Waals surface area (Å²) in [5, 5.41) is 11.7. The maximum atomic E-state index is 12.2. The van der Waals surface area contributed by atoms with Crippen LogP contribution in [0.3, 0.4) is 0 Å². The van der Waals surface area contributed by atoms with E-state index < -0.39 is 11.4 Å². The van der Waals surface area contributed by atoms with E-state index in [1.165, 1.54) is 7.11 Å². The topological polar surface area (TPSA) is 79.2 Å². The minimum atomic E-state index is -1.04. The molecular formula is C14H14N2O3. The van der Waals surface area contributed by atoms with Gasteiger partial charge in [-0.25, -0.2) is 0 Å². The second-order valence-corrected chi connectivity index (χ2v) is 4.62. The highest BCUT2D eigenvalue weighted by Gasteiger charge is 2.57. The molecule has 0 spiro atoms. The van der Waals surface area contributed by atoms with Crippen molar-refractivity contribution in [2.45, 2.75) is 19.8 Å². The highest BCUT2D eigenvalue weighted by Crippen LogP contribution is 2.47. The molecule has 1 N–H and O–H groups in total. The molecule has 1 amide bonds. The van der Waals surface area contributed by atoms with Crippen molar-refractivity contribution in [1.29, 1.82) is 5.26 Å². The predicted octanol–water partition coefficient (Wildman–Crippen LogP) is 1.76. The van der Waals surface area contributed by atoms with Crippen molar-refractivity contribution >= 4 is 17.6 Å².